The lowest BCUT2D eigenvalue weighted by atomic mass is 9.85. The highest BCUT2D eigenvalue weighted by atomic mass is 19.4. The normalized spacial score (nSPS) is 22.1. The van der Waals surface area contributed by atoms with E-state index in [-0.39, 0.29) is 23.3 Å². The van der Waals surface area contributed by atoms with Gasteiger partial charge in [0, 0.05) is 37.3 Å². The Labute approximate surface area is 171 Å². The number of carbonyl (C=O) groups is 1. The molecule has 0 aliphatic carbocycles. The van der Waals surface area contributed by atoms with Crippen molar-refractivity contribution >= 4 is 11.8 Å². The maximum absolute atomic E-state index is 13.8. The summed E-state index contributed by atoms with van der Waals surface area (Å²) in [5, 5.41) is 9.42. The zero-order valence-electron chi connectivity index (χ0n) is 16.4. The van der Waals surface area contributed by atoms with Crippen molar-refractivity contribution in [2.75, 3.05) is 31.6 Å². The number of methoxy groups -OCH3 is 1. The van der Waals surface area contributed by atoms with Crippen LogP contribution in [-0.4, -0.2) is 48.9 Å². The van der Waals surface area contributed by atoms with Gasteiger partial charge in [0.05, 0.1) is 12.7 Å². The van der Waals surface area contributed by atoms with Crippen molar-refractivity contribution in [1.29, 1.82) is 0 Å². The van der Waals surface area contributed by atoms with Crippen LogP contribution < -0.4 is 9.64 Å². The van der Waals surface area contributed by atoms with Crippen LogP contribution in [0, 0.1) is 0 Å². The van der Waals surface area contributed by atoms with E-state index in [1.54, 1.807) is 6.07 Å². The van der Waals surface area contributed by atoms with Gasteiger partial charge in [-0.05, 0) is 59.4 Å². The van der Waals surface area contributed by atoms with Gasteiger partial charge in [-0.2, -0.15) is 13.2 Å². The van der Waals surface area contributed by atoms with Crippen LogP contribution >= 0.6 is 0 Å². The molecule has 2 atom stereocenters. The molecule has 3 aliphatic rings. The number of anilines is 1. The third kappa shape index (κ3) is 2.80. The first-order valence-corrected chi connectivity index (χ1v) is 9.95. The molecule has 5 nitrogen and oxygen atoms in total. The predicted molar refractivity (Wildman–Crippen MR) is 105 cm³/mol. The summed E-state index contributed by atoms with van der Waals surface area (Å²) in [6, 6.07) is 7.94. The molecule has 8 heteroatoms. The molecular weight excluding hydrogens is 397 g/mol. The fourth-order valence-corrected chi connectivity index (χ4v) is 5.31. The van der Waals surface area contributed by atoms with Gasteiger partial charge >= 0.3 is 12.3 Å². The number of hydrogen-bond donors (Lipinski definition) is 1. The van der Waals surface area contributed by atoms with Crippen LogP contribution in [0.4, 0.5) is 23.7 Å². The van der Waals surface area contributed by atoms with Gasteiger partial charge < -0.3 is 19.6 Å². The number of rotatable bonds is 2. The number of hydrogen-bond acceptors (Lipinski definition) is 3. The summed E-state index contributed by atoms with van der Waals surface area (Å²) in [5.74, 6) is 0.142. The molecule has 3 heterocycles. The number of benzene rings is 2. The first-order chi connectivity index (χ1) is 14.3. The van der Waals surface area contributed by atoms with Crippen LogP contribution in [0.15, 0.2) is 30.3 Å². The fraction of sp³-hybridized carbons (Fsp3) is 0.409. The van der Waals surface area contributed by atoms with E-state index in [0.29, 0.717) is 18.7 Å². The molecule has 0 aromatic heterocycles. The van der Waals surface area contributed by atoms with E-state index in [0.717, 1.165) is 42.3 Å². The average Bonchev–Trinajstić information content (AvgIpc) is 3.28. The van der Waals surface area contributed by atoms with Crippen LogP contribution in [0.25, 0.3) is 11.1 Å². The Hall–Kier alpha value is -2.90. The maximum Gasteiger partial charge on any atom is 0.417 e. The topological polar surface area (TPSA) is 53.0 Å². The smallest absolute Gasteiger partial charge is 0.417 e. The second-order valence-corrected chi connectivity index (χ2v) is 8.12. The summed E-state index contributed by atoms with van der Waals surface area (Å²) in [6.45, 7) is 1.69. The summed E-state index contributed by atoms with van der Waals surface area (Å²) in [4.78, 5) is 15.2. The molecule has 30 heavy (non-hydrogen) atoms. The predicted octanol–water partition coefficient (Wildman–Crippen LogP) is 4.59. The van der Waals surface area contributed by atoms with E-state index in [2.05, 4.69) is 4.90 Å². The molecule has 0 radical (unpaired) electrons. The summed E-state index contributed by atoms with van der Waals surface area (Å²) >= 11 is 0. The van der Waals surface area contributed by atoms with Crippen molar-refractivity contribution in [3.63, 3.8) is 0 Å². The van der Waals surface area contributed by atoms with E-state index in [9.17, 15) is 23.1 Å². The van der Waals surface area contributed by atoms with Gasteiger partial charge in [0.25, 0.3) is 0 Å². The highest BCUT2D eigenvalue weighted by Crippen LogP contribution is 2.51. The Morgan fingerprint density at radius 3 is 2.70 bits per heavy atom. The molecule has 0 spiro atoms. The van der Waals surface area contributed by atoms with Gasteiger partial charge in [0.15, 0.2) is 0 Å². The standard InChI is InChI=1S/C22H21F3N2O3/c1-30-14-2-3-15(18(10-14)22(23,24)25)13-8-12-4-7-27-19-5-6-26(21(28)29)11-17(19)16(9-13)20(12)27/h2-3,8-10,17,19H,4-7,11H2,1H3,(H,28,29)/t17-,19-/m0/s1. The summed E-state index contributed by atoms with van der Waals surface area (Å²) in [7, 11) is 1.34. The fourth-order valence-electron chi connectivity index (χ4n) is 5.31. The average molecular weight is 418 g/mol. The Balaban J connectivity index is 1.63. The van der Waals surface area contributed by atoms with Crippen molar-refractivity contribution in [1.82, 2.24) is 4.90 Å². The van der Waals surface area contributed by atoms with Gasteiger partial charge in [0.1, 0.15) is 5.75 Å². The number of amides is 1. The first-order valence-electron chi connectivity index (χ1n) is 9.95. The molecule has 158 valence electrons. The highest BCUT2D eigenvalue weighted by molar-refractivity contribution is 5.79. The van der Waals surface area contributed by atoms with Crippen molar-refractivity contribution in [3.05, 3.63) is 47.0 Å². The minimum absolute atomic E-state index is 0.0172. The van der Waals surface area contributed by atoms with E-state index in [1.807, 2.05) is 12.1 Å². The monoisotopic (exact) mass is 418 g/mol. The third-order valence-corrected chi connectivity index (χ3v) is 6.62. The summed E-state index contributed by atoms with van der Waals surface area (Å²) in [5.41, 5.74) is 3.03. The molecule has 0 saturated carbocycles. The van der Waals surface area contributed by atoms with Gasteiger partial charge in [-0.3, -0.25) is 0 Å². The number of fused-ring (bicyclic) bond motifs is 3. The molecule has 2 aromatic rings. The van der Waals surface area contributed by atoms with Gasteiger partial charge in [-0.25, -0.2) is 4.79 Å². The Bertz CT molecular complexity index is 1040. The largest absolute Gasteiger partial charge is 0.497 e. The Morgan fingerprint density at radius 2 is 2.00 bits per heavy atom. The van der Waals surface area contributed by atoms with Crippen LogP contribution in [0.2, 0.25) is 0 Å². The van der Waals surface area contributed by atoms with Gasteiger partial charge in [-0.15, -0.1) is 0 Å². The molecular formula is C22H21F3N2O3. The Kier molecular flexibility index (Phi) is 4.17. The molecule has 1 fully saturated rings. The lowest BCUT2D eigenvalue weighted by Gasteiger charge is -2.37. The maximum atomic E-state index is 13.8. The number of ether oxygens (including phenoxy) is 1. The minimum Gasteiger partial charge on any atom is -0.497 e. The molecule has 5 rings (SSSR count). The molecule has 0 bridgehead atoms. The minimum atomic E-state index is -4.51. The van der Waals surface area contributed by atoms with Gasteiger partial charge in [-0.1, -0.05) is 6.07 Å². The van der Waals surface area contributed by atoms with Crippen LogP contribution in [0.3, 0.4) is 0 Å². The second kappa shape index (κ2) is 6.55. The van der Waals surface area contributed by atoms with Crippen LogP contribution in [-0.2, 0) is 12.6 Å². The lowest BCUT2D eigenvalue weighted by molar-refractivity contribution is -0.137. The van der Waals surface area contributed by atoms with Crippen molar-refractivity contribution in [2.24, 2.45) is 0 Å². The highest BCUT2D eigenvalue weighted by Gasteiger charge is 2.46. The van der Waals surface area contributed by atoms with Crippen molar-refractivity contribution in [2.45, 2.75) is 31.0 Å². The van der Waals surface area contributed by atoms with E-state index in [1.165, 1.54) is 18.1 Å². The molecule has 1 amide bonds. The number of carboxylic acid groups (broad SMARTS) is 1. The van der Waals surface area contributed by atoms with E-state index < -0.39 is 17.8 Å². The second-order valence-electron chi connectivity index (χ2n) is 8.12. The third-order valence-electron chi connectivity index (χ3n) is 6.62. The zero-order chi connectivity index (χ0) is 21.2. The zero-order valence-corrected chi connectivity index (χ0v) is 16.4. The first kappa shape index (κ1) is 19.1. The molecule has 1 saturated heterocycles. The number of halogens is 3. The van der Waals surface area contributed by atoms with Gasteiger partial charge in [0.2, 0.25) is 0 Å². The van der Waals surface area contributed by atoms with E-state index >= 15 is 0 Å². The van der Waals surface area contributed by atoms with Crippen LogP contribution in [0.1, 0.15) is 29.0 Å². The van der Waals surface area contributed by atoms with Crippen molar-refractivity contribution < 1.29 is 27.8 Å². The SMILES string of the molecule is COc1ccc(-c2cc3c4c(c2)[C@@H]2CN(C(=O)O)CC[C@@H]2N4CC3)c(C(F)(F)F)c1. The summed E-state index contributed by atoms with van der Waals surface area (Å²) in [6.07, 6.45) is -3.93. The van der Waals surface area contributed by atoms with Crippen LogP contribution in [0.5, 0.6) is 5.75 Å². The Morgan fingerprint density at radius 1 is 1.20 bits per heavy atom. The number of alkyl halides is 3. The molecule has 0 unspecified atom stereocenters. The number of nitrogens with zero attached hydrogens (tertiary/aromatic N) is 2. The number of likely N-dealkylation sites (tertiary alicyclic amines) is 1. The van der Waals surface area contributed by atoms with Crippen molar-refractivity contribution in [3.8, 4) is 16.9 Å². The molecule has 1 N–H and O–H groups in total. The molecule has 2 aromatic carbocycles. The quantitative estimate of drug-likeness (QED) is 0.775. The summed E-state index contributed by atoms with van der Waals surface area (Å²) < 4.78 is 46.4. The number of piperidine rings is 1. The lowest BCUT2D eigenvalue weighted by Crippen LogP contribution is -2.47. The van der Waals surface area contributed by atoms with E-state index in [4.69, 9.17) is 4.74 Å². The molecule has 3 aliphatic heterocycles.